The molecule has 142 valence electrons. The highest BCUT2D eigenvalue weighted by Crippen LogP contribution is 2.36. The molecule has 1 amide bonds. The third-order valence-electron chi connectivity index (χ3n) is 4.60. The molecule has 1 aliphatic rings. The van der Waals surface area contributed by atoms with E-state index >= 15 is 0 Å². The Morgan fingerprint density at radius 1 is 1.14 bits per heavy atom. The maximum Gasteiger partial charge on any atom is 0.262 e. The molecular weight excluding hydrogens is 374 g/mol. The van der Waals surface area contributed by atoms with Crippen LogP contribution in [-0.2, 0) is 4.79 Å². The van der Waals surface area contributed by atoms with Gasteiger partial charge >= 0.3 is 0 Å². The molecular formula is C21H19N3O3S. The monoisotopic (exact) mass is 393 g/mol. The van der Waals surface area contributed by atoms with Crippen molar-refractivity contribution in [1.29, 1.82) is 0 Å². The summed E-state index contributed by atoms with van der Waals surface area (Å²) in [5, 5.41) is 3.94. The third kappa shape index (κ3) is 3.71. The van der Waals surface area contributed by atoms with E-state index in [1.165, 1.54) is 18.7 Å². The smallest absolute Gasteiger partial charge is 0.262 e. The lowest BCUT2D eigenvalue weighted by molar-refractivity contribution is -0.113. The number of thioether (sulfide) groups is 1. The van der Waals surface area contributed by atoms with Crippen LogP contribution in [0.25, 0.3) is 10.9 Å². The molecule has 1 saturated carbocycles. The lowest BCUT2D eigenvalue weighted by atomic mass is 10.1. The van der Waals surface area contributed by atoms with Crippen molar-refractivity contribution in [3.63, 3.8) is 0 Å². The lowest BCUT2D eigenvalue weighted by Gasteiger charge is -2.13. The van der Waals surface area contributed by atoms with E-state index in [-0.39, 0.29) is 29.0 Å². The van der Waals surface area contributed by atoms with Gasteiger partial charge in [0.1, 0.15) is 0 Å². The molecule has 1 heterocycles. The quantitative estimate of drug-likeness (QED) is 0.393. The zero-order chi connectivity index (χ0) is 19.7. The van der Waals surface area contributed by atoms with Gasteiger partial charge in [-0.05, 0) is 44.0 Å². The Morgan fingerprint density at radius 3 is 2.61 bits per heavy atom. The van der Waals surface area contributed by atoms with Crippen LogP contribution in [0, 0.1) is 0 Å². The van der Waals surface area contributed by atoms with Crippen molar-refractivity contribution in [2.24, 2.45) is 0 Å². The second-order valence-corrected chi connectivity index (χ2v) is 7.70. The number of hydrogen-bond acceptors (Lipinski definition) is 5. The molecule has 0 radical (unpaired) electrons. The van der Waals surface area contributed by atoms with E-state index in [1.807, 2.05) is 12.1 Å². The van der Waals surface area contributed by atoms with Gasteiger partial charge in [-0.3, -0.25) is 19.0 Å². The normalized spacial score (nSPS) is 13.5. The molecule has 7 heteroatoms. The van der Waals surface area contributed by atoms with Gasteiger partial charge in [-0.1, -0.05) is 36.0 Å². The first-order valence-corrected chi connectivity index (χ1v) is 10.1. The van der Waals surface area contributed by atoms with Crippen LogP contribution >= 0.6 is 11.8 Å². The third-order valence-corrected chi connectivity index (χ3v) is 5.55. The zero-order valence-corrected chi connectivity index (χ0v) is 16.2. The Labute approximate surface area is 166 Å². The summed E-state index contributed by atoms with van der Waals surface area (Å²) >= 11 is 1.24. The van der Waals surface area contributed by atoms with E-state index in [0.717, 1.165) is 12.8 Å². The predicted octanol–water partition coefficient (Wildman–Crippen LogP) is 3.66. The predicted molar refractivity (Wildman–Crippen MR) is 110 cm³/mol. The number of aromatic nitrogens is 2. The zero-order valence-electron chi connectivity index (χ0n) is 15.3. The van der Waals surface area contributed by atoms with Gasteiger partial charge in [0.25, 0.3) is 5.56 Å². The molecule has 4 rings (SSSR count). The van der Waals surface area contributed by atoms with Gasteiger partial charge in [0.05, 0.1) is 22.3 Å². The van der Waals surface area contributed by atoms with Crippen LogP contribution in [0.3, 0.4) is 0 Å². The number of benzene rings is 2. The minimum atomic E-state index is -0.247. The number of hydrogen-bond donors (Lipinski definition) is 1. The van der Waals surface area contributed by atoms with Crippen molar-refractivity contribution >= 4 is 40.0 Å². The first-order chi connectivity index (χ1) is 13.5. The Balaban J connectivity index is 1.56. The number of anilines is 1. The second kappa shape index (κ2) is 7.59. The Bertz CT molecular complexity index is 1140. The number of para-hydroxylation sites is 2. The molecule has 0 aliphatic heterocycles. The number of amides is 1. The molecule has 0 bridgehead atoms. The SMILES string of the molecule is CC(=O)c1ccccc1NC(=O)CSc1nc2ccccc2c(=O)n1C1CC1. The number of rotatable bonds is 6. The lowest BCUT2D eigenvalue weighted by Crippen LogP contribution is -2.23. The van der Waals surface area contributed by atoms with Gasteiger partial charge in [-0.25, -0.2) is 4.98 Å². The number of carbonyl (C=O) groups is 2. The number of ketones is 1. The first kappa shape index (κ1) is 18.4. The van der Waals surface area contributed by atoms with Crippen LogP contribution < -0.4 is 10.9 Å². The van der Waals surface area contributed by atoms with Crippen molar-refractivity contribution in [3.05, 3.63) is 64.4 Å². The number of nitrogens with zero attached hydrogens (tertiary/aromatic N) is 2. The molecule has 1 fully saturated rings. The summed E-state index contributed by atoms with van der Waals surface area (Å²) in [7, 11) is 0. The number of fused-ring (bicyclic) bond motifs is 1. The summed E-state index contributed by atoms with van der Waals surface area (Å²) < 4.78 is 1.71. The summed E-state index contributed by atoms with van der Waals surface area (Å²) in [6.07, 6.45) is 1.90. The summed E-state index contributed by atoms with van der Waals surface area (Å²) in [5.74, 6) is -0.255. The van der Waals surface area contributed by atoms with Crippen molar-refractivity contribution < 1.29 is 9.59 Å². The molecule has 3 aromatic rings. The molecule has 0 unspecified atom stereocenters. The molecule has 0 saturated heterocycles. The van der Waals surface area contributed by atoms with E-state index in [1.54, 1.807) is 41.0 Å². The summed E-state index contributed by atoms with van der Waals surface area (Å²) in [4.78, 5) is 41.6. The highest BCUT2D eigenvalue weighted by atomic mass is 32.2. The molecule has 28 heavy (non-hydrogen) atoms. The Hall–Kier alpha value is -2.93. The van der Waals surface area contributed by atoms with Crippen LogP contribution in [0.15, 0.2) is 58.5 Å². The van der Waals surface area contributed by atoms with E-state index < -0.39 is 0 Å². The molecule has 1 aromatic heterocycles. The van der Waals surface area contributed by atoms with Gasteiger partial charge in [-0.2, -0.15) is 0 Å². The van der Waals surface area contributed by atoms with E-state index in [4.69, 9.17) is 0 Å². The molecule has 1 N–H and O–H groups in total. The topological polar surface area (TPSA) is 81.1 Å². The number of nitrogens with one attached hydrogen (secondary N) is 1. The van der Waals surface area contributed by atoms with Crippen LogP contribution in [-0.4, -0.2) is 27.0 Å². The maximum atomic E-state index is 12.9. The van der Waals surface area contributed by atoms with Gasteiger partial charge in [0.15, 0.2) is 10.9 Å². The van der Waals surface area contributed by atoms with Crippen LogP contribution in [0.4, 0.5) is 5.69 Å². The summed E-state index contributed by atoms with van der Waals surface area (Å²) in [5.41, 5.74) is 1.54. The fraction of sp³-hybridized carbons (Fsp3) is 0.238. The Kier molecular flexibility index (Phi) is 5.00. The molecule has 1 aliphatic carbocycles. The van der Waals surface area contributed by atoms with Crippen LogP contribution in [0.1, 0.15) is 36.2 Å². The fourth-order valence-electron chi connectivity index (χ4n) is 3.10. The maximum absolute atomic E-state index is 12.9. The molecule has 0 spiro atoms. The fourth-order valence-corrected chi connectivity index (χ4v) is 3.96. The van der Waals surface area contributed by atoms with E-state index in [0.29, 0.717) is 27.3 Å². The molecule has 0 atom stereocenters. The van der Waals surface area contributed by atoms with E-state index in [9.17, 15) is 14.4 Å². The first-order valence-electron chi connectivity index (χ1n) is 9.08. The average Bonchev–Trinajstić information content (AvgIpc) is 3.51. The minimum absolute atomic E-state index is 0.0575. The van der Waals surface area contributed by atoms with E-state index in [2.05, 4.69) is 10.3 Å². The van der Waals surface area contributed by atoms with Gasteiger partial charge in [0, 0.05) is 11.6 Å². The van der Waals surface area contributed by atoms with Crippen molar-refractivity contribution in [2.75, 3.05) is 11.1 Å². The molecule has 2 aromatic carbocycles. The van der Waals surface area contributed by atoms with Crippen LogP contribution in [0.2, 0.25) is 0 Å². The van der Waals surface area contributed by atoms with Crippen molar-refractivity contribution in [2.45, 2.75) is 31.0 Å². The molecule has 6 nitrogen and oxygen atoms in total. The van der Waals surface area contributed by atoms with Gasteiger partial charge in [-0.15, -0.1) is 0 Å². The standard InChI is InChI=1S/C21H19N3O3S/c1-13(25)15-6-2-4-8-17(15)22-19(26)12-28-21-23-18-9-5-3-7-16(18)20(27)24(21)14-10-11-14/h2-9,14H,10-12H2,1H3,(H,22,26). The highest BCUT2D eigenvalue weighted by Gasteiger charge is 2.28. The largest absolute Gasteiger partial charge is 0.325 e. The Morgan fingerprint density at radius 2 is 1.86 bits per heavy atom. The summed E-state index contributed by atoms with van der Waals surface area (Å²) in [6.45, 7) is 1.47. The van der Waals surface area contributed by atoms with Crippen LogP contribution in [0.5, 0.6) is 0 Å². The summed E-state index contributed by atoms with van der Waals surface area (Å²) in [6, 6.07) is 14.3. The second-order valence-electron chi connectivity index (χ2n) is 6.76. The van der Waals surface area contributed by atoms with Gasteiger partial charge < -0.3 is 5.32 Å². The van der Waals surface area contributed by atoms with Gasteiger partial charge in [0.2, 0.25) is 5.91 Å². The number of Topliss-reactive ketones (excluding diaryl/α,β-unsaturated/α-hetero) is 1. The average molecular weight is 393 g/mol. The van der Waals surface area contributed by atoms with Crippen molar-refractivity contribution in [3.8, 4) is 0 Å². The highest BCUT2D eigenvalue weighted by molar-refractivity contribution is 7.99. The van der Waals surface area contributed by atoms with Crippen molar-refractivity contribution in [1.82, 2.24) is 9.55 Å². The number of carbonyl (C=O) groups excluding carboxylic acids is 2. The minimum Gasteiger partial charge on any atom is -0.325 e.